The summed E-state index contributed by atoms with van der Waals surface area (Å²) >= 11 is 0. The summed E-state index contributed by atoms with van der Waals surface area (Å²) in [5, 5.41) is 6.93. The molecule has 0 bridgehead atoms. The molecule has 158 valence electrons. The first-order valence-corrected chi connectivity index (χ1v) is 11.2. The van der Waals surface area contributed by atoms with E-state index < -0.39 is 15.9 Å². The van der Waals surface area contributed by atoms with Crippen molar-refractivity contribution in [2.24, 2.45) is 0 Å². The maximum Gasteiger partial charge on any atom is 0.272 e. The third kappa shape index (κ3) is 5.30. The van der Waals surface area contributed by atoms with E-state index in [0.717, 1.165) is 12.0 Å². The van der Waals surface area contributed by atoms with Gasteiger partial charge in [-0.05, 0) is 37.1 Å². The topological polar surface area (TPSA) is 101 Å². The highest BCUT2D eigenvalue weighted by Gasteiger charge is 2.22. The Morgan fingerprint density at radius 2 is 1.72 bits per heavy atom. The maximum atomic E-state index is 12.6. The quantitative estimate of drug-likeness (QED) is 0.670. The van der Waals surface area contributed by atoms with Gasteiger partial charge in [-0.25, -0.2) is 13.1 Å². The van der Waals surface area contributed by atoms with E-state index in [2.05, 4.69) is 10.4 Å². The molecule has 9 heteroatoms. The molecule has 0 saturated carbocycles. The van der Waals surface area contributed by atoms with E-state index in [1.807, 2.05) is 6.92 Å². The normalized spacial score (nSPS) is 12.7. The van der Waals surface area contributed by atoms with Gasteiger partial charge in [-0.1, -0.05) is 32.9 Å². The van der Waals surface area contributed by atoms with Crippen LogP contribution in [0.15, 0.2) is 46.1 Å². The molecule has 1 N–H and O–H groups in total. The monoisotopic (exact) mass is 420 g/mol. The SMILES string of the molecule is CCCn1nc(C(=O)NC(C)c2ccc(S(=O)(=O)N(CC)CC)cc2)ccc1=O. The highest BCUT2D eigenvalue weighted by Crippen LogP contribution is 2.19. The van der Waals surface area contributed by atoms with E-state index in [9.17, 15) is 18.0 Å². The van der Waals surface area contributed by atoms with Crippen molar-refractivity contribution in [3.8, 4) is 0 Å². The van der Waals surface area contributed by atoms with E-state index in [1.54, 1.807) is 45.0 Å². The van der Waals surface area contributed by atoms with Gasteiger partial charge < -0.3 is 5.32 Å². The van der Waals surface area contributed by atoms with Crippen molar-refractivity contribution in [1.29, 1.82) is 0 Å². The minimum atomic E-state index is -3.52. The van der Waals surface area contributed by atoms with E-state index in [4.69, 9.17) is 0 Å². The zero-order chi connectivity index (χ0) is 21.6. The molecule has 0 saturated heterocycles. The Bertz CT molecular complexity index is 996. The molecule has 2 rings (SSSR count). The minimum Gasteiger partial charge on any atom is -0.344 e. The Morgan fingerprint density at radius 3 is 2.28 bits per heavy atom. The second kappa shape index (κ2) is 9.80. The summed E-state index contributed by atoms with van der Waals surface area (Å²) in [4.78, 5) is 24.5. The molecule has 8 nitrogen and oxygen atoms in total. The van der Waals surface area contributed by atoms with E-state index in [0.29, 0.717) is 19.6 Å². The number of aromatic nitrogens is 2. The standard InChI is InChI=1S/C20H28N4O4S/c1-5-14-24-19(25)13-12-18(22-24)20(26)21-15(4)16-8-10-17(11-9-16)29(27,28)23(6-2)7-3/h8-13,15H,5-7,14H2,1-4H3,(H,21,26). The first-order chi connectivity index (χ1) is 13.7. The number of benzene rings is 1. The molecule has 0 aliphatic heterocycles. The van der Waals surface area contributed by atoms with E-state index >= 15 is 0 Å². The second-order valence-corrected chi connectivity index (χ2v) is 8.57. The molecule has 1 unspecified atom stereocenters. The van der Waals surface area contributed by atoms with Crippen molar-refractivity contribution < 1.29 is 13.2 Å². The number of hydrogen-bond donors (Lipinski definition) is 1. The largest absolute Gasteiger partial charge is 0.344 e. The maximum absolute atomic E-state index is 12.6. The second-order valence-electron chi connectivity index (χ2n) is 6.63. The lowest BCUT2D eigenvalue weighted by Crippen LogP contribution is -2.31. The lowest BCUT2D eigenvalue weighted by Gasteiger charge is -2.19. The number of aryl methyl sites for hydroxylation is 1. The Kier molecular flexibility index (Phi) is 7.69. The van der Waals surface area contributed by atoms with Crippen LogP contribution >= 0.6 is 0 Å². The summed E-state index contributed by atoms with van der Waals surface area (Å²) in [6.07, 6.45) is 0.733. The Morgan fingerprint density at radius 1 is 1.10 bits per heavy atom. The molecule has 1 atom stereocenters. The summed E-state index contributed by atoms with van der Waals surface area (Å²) < 4.78 is 27.8. The van der Waals surface area contributed by atoms with Gasteiger partial charge in [-0.3, -0.25) is 9.59 Å². The van der Waals surface area contributed by atoms with Gasteiger partial charge in [0.1, 0.15) is 5.69 Å². The Balaban J connectivity index is 2.15. The molecular weight excluding hydrogens is 392 g/mol. The molecule has 0 spiro atoms. The van der Waals surface area contributed by atoms with Gasteiger partial charge in [0.2, 0.25) is 10.0 Å². The average molecular weight is 421 g/mol. The number of nitrogens with zero attached hydrogens (tertiary/aromatic N) is 3. The Hall–Kier alpha value is -2.52. The fraction of sp³-hybridized carbons (Fsp3) is 0.450. The van der Waals surface area contributed by atoms with E-state index in [1.165, 1.54) is 21.1 Å². The molecular formula is C20H28N4O4S. The molecule has 1 aromatic heterocycles. The van der Waals surface area contributed by atoms with Crippen LogP contribution in [0.1, 0.15) is 56.2 Å². The lowest BCUT2D eigenvalue weighted by atomic mass is 10.1. The summed E-state index contributed by atoms with van der Waals surface area (Å²) in [6.45, 7) is 8.56. The number of hydrogen-bond acceptors (Lipinski definition) is 5. The first-order valence-electron chi connectivity index (χ1n) is 9.73. The molecule has 1 amide bonds. The van der Waals surface area contributed by atoms with Crippen molar-refractivity contribution in [2.75, 3.05) is 13.1 Å². The molecule has 0 fully saturated rings. The van der Waals surface area contributed by atoms with Gasteiger partial charge in [0, 0.05) is 25.7 Å². The molecule has 29 heavy (non-hydrogen) atoms. The summed E-state index contributed by atoms with van der Waals surface area (Å²) in [5.41, 5.74) is 0.672. The molecule has 0 aliphatic rings. The fourth-order valence-corrected chi connectivity index (χ4v) is 4.40. The number of nitrogens with one attached hydrogen (secondary N) is 1. The summed E-state index contributed by atoms with van der Waals surface area (Å²) in [6, 6.07) is 8.84. The number of rotatable bonds is 9. The third-order valence-electron chi connectivity index (χ3n) is 4.61. The summed E-state index contributed by atoms with van der Waals surface area (Å²) in [5.74, 6) is -0.401. The Labute approximate surface area is 171 Å². The van der Waals surface area contributed by atoms with Crippen LogP contribution in [0.25, 0.3) is 0 Å². The van der Waals surface area contributed by atoms with Gasteiger partial charge in [0.15, 0.2) is 0 Å². The van der Waals surface area contributed by atoms with Crippen molar-refractivity contribution >= 4 is 15.9 Å². The third-order valence-corrected chi connectivity index (χ3v) is 6.67. The average Bonchev–Trinajstić information content (AvgIpc) is 2.70. The van der Waals surface area contributed by atoms with Crippen LogP contribution in [0.2, 0.25) is 0 Å². The van der Waals surface area contributed by atoms with Crippen LogP contribution in [-0.4, -0.2) is 41.5 Å². The van der Waals surface area contributed by atoms with Crippen LogP contribution in [-0.2, 0) is 16.6 Å². The zero-order valence-electron chi connectivity index (χ0n) is 17.3. The van der Waals surface area contributed by atoms with Crippen LogP contribution in [0.3, 0.4) is 0 Å². The fourth-order valence-electron chi connectivity index (χ4n) is 2.94. The molecule has 0 aliphatic carbocycles. The van der Waals surface area contributed by atoms with Crippen molar-refractivity contribution in [1.82, 2.24) is 19.4 Å². The smallest absolute Gasteiger partial charge is 0.272 e. The number of sulfonamides is 1. The van der Waals surface area contributed by atoms with Crippen LogP contribution < -0.4 is 10.9 Å². The van der Waals surface area contributed by atoms with Gasteiger partial charge in [-0.15, -0.1) is 0 Å². The van der Waals surface area contributed by atoms with Gasteiger partial charge >= 0.3 is 0 Å². The first kappa shape index (κ1) is 22.8. The number of amides is 1. The van der Waals surface area contributed by atoms with Crippen LogP contribution in [0.5, 0.6) is 0 Å². The van der Waals surface area contributed by atoms with Gasteiger partial charge in [-0.2, -0.15) is 9.40 Å². The number of carbonyl (C=O) groups is 1. The zero-order valence-corrected chi connectivity index (χ0v) is 18.1. The molecule has 0 radical (unpaired) electrons. The predicted octanol–water partition coefficient (Wildman–Crippen LogP) is 2.17. The predicted molar refractivity (Wildman–Crippen MR) is 111 cm³/mol. The van der Waals surface area contributed by atoms with Gasteiger partial charge in [0.05, 0.1) is 10.9 Å². The molecule has 1 aromatic carbocycles. The lowest BCUT2D eigenvalue weighted by molar-refractivity contribution is 0.0932. The van der Waals surface area contributed by atoms with Gasteiger partial charge in [0.25, 0.3) is 11.5 Å². The highest BCUT2D eigenvalue weighted by atomic mass is 32.2. The van der Waals surface area contributed by atoms with Crippen LogP contribution in [0, 0.1) is 0 Å². The van der Waals surface area contributed by atoms with Crippen molar-refractivity contribution in [2.45, 2.75) is 51.6 Å². The highest BCUT2D eigenvalue weighted by molar-refractivity contribution is 7.89. The summed E-state index contributed by atoms with van der Waals surface area (Å²) in [7, 11) is -3.52. The van der Waals surface area contributed by atoms with E-state index in [-0.39, 0.29) is 22.2 Å². The minimum absolute atomic E-state index is 0.158. The van der Waals surface area contributed by atoms with Crippen LogP contribution in [0.4, 0.5) is 0 Å². The number of carbonyl (C=O) groups excluding carboxylic acids is 1. The van der Waals surface area contributed by atoms with Crippen molar-refractivity contribution in [3.63, 3.8) is 0 Å². The molecule has 2 aromatic rings. The van der Waals surface area contributed by atoms with Crippen molar-refractivity contribution in [3.05, 3.63) is 58.0 Å². The molecule has 1 heterocycles.